The molecule has 2 aliphatic heterocycles. The van der Waals surface area contributed by atoms with E-state index in [4.69, 9.17) is 25.8 Å². The zero-order chi connectivity index (χ0) is 20.5. The largest absolute Gasteiger partial charge is 0.466 e. The van der Waals surface area contributed by atoms with Gasteiger partial charge in [0, 0.05) is 10.6 Å². The molecule has 0 aliphatic carbocycles. The van der Waals surface area contributed by atoms with E-state index >= 15 is 0 Å². The standard InChI is InChI=1S/C22H18ClNO5/c1-27-21(25)18-19(22(26)28-2)24-16-10-6-3-7-13(16)11-12-17(24)29-20(18)14-8-4-5-9-15(14)23/h3-12,17,20H,1-2H3/t17-,20+/m0/s1. The van der Waals surface area contributed by atoms with E-state index in [0.717, 1.165) is 11.3 Å². The zero-order valence-corrected chi connectivity index (χ0v) is 16.6. The molecule has 148 valence electrons. The van der Waals surface area contributed by atoms with Crippen molar-refractivity contribution >= 4 is 35.3 Å². The summed E-state index contributed by atoms with van der Waals surface area (Å²) in [5, 5.41) is 0.414. The summed E-state index contributed by atoms with van der Waals surface area (Å²) in [4.78, 5) is 27.4. The molecule has 6 nitrogen and oxygen atoms in total. The van der Waals surface area contributed by atoms with Crippen LogP contribution in [0.4, 0.5) is 5.69 Å². The predicted molar refractivity (Wildman–Crippen MR) is 108 cm³/mol. The fourth-order valence-corrected chi connectivity index (χ4v) is 3.84. The molecule has 2 aromatic rings. The van der Waals surface area contributed by atoms with Gasteiger partial charge < -0.3 is 19.1 Å². The Kier molecular flexibility index (Phi) is 5.13. The van der Waals surface area contributed by atoms with Crippen molar-refractivity contribution in [1.82, 2.24) is 0 Å². The van der Waals surface area contributed by atoms with Crippen LogP contribution in [0.5, 0.6) is 0 Å². The van der Waals surface area contributed by atoms with E-state index in [0.29, 0.717) is 10.6 Å². The molecule has 2 aliphatic rings. The van der Waals surface area contributed by atoms with Crippen LogP contribution in [0, 0.1) is 0 Å². The number of para-hydroxylation sites is 1. The molecule has 29 heavy (non-hydrogen) atoms. The Labute approximate surface area is 172 Å². The predicted octanol–water partition coefficient (Wildman–Crippen LogP) is 3.87. The van der Waals surface area contributed by atoms with Crippen LogP contribution in [-0.4, -0.2) is 32.4 Å². The number of anilines is 1. The number of carbonyl (C=O) groups is 2. The lowest BCUT2D eigenvalue weighted by Crippen LogP contribution is -2.47. The number of hydrogen-bond donors (Lipinski definition) is 0. The third-order valence-corrected chi connectivity index (χ3v) is 5.24. The molecule has 0 radical (unpaired) electrons. The first-order chi connectivity index (χ1) is 14.1. The molecular formula is C22H18ClNO5. The maximum Gasteiger partial charge on any atom is 0.355 e. The second-order valence-corrected chi connectivity index (χ2v) is 6.87. The molecule has 2 aromatic carbocycles. The van der Waals surface area contributed by atoms with Gasteiger partial charge in [-0.3, -0.25) is 0 Å². The van der Waals surface area contributed by atoms with Gasteiger partial charge in [-0.1, -0.05) is 54.1 Å². The number of carbonyl (C=O) groups excluding carboxylic acids is 2. The average Bonchev–Trinajstić information content (AvgIpc) is 2.76. The van der Waals surface area contributed by atoms with Crippen molar-refractivity contribution in [1.29, 1.82) is 0 Å². The smallest absolute Gasteiger partial charge is 0.355 e. The number of methoxy groups -OCH3 is 2. The van der Waals surface area contributed by atoms with Crippen molar-refractivity contribution in [3.63, 3.8) is 0 Å². The first kappa shape index (κ1) is 19.2. The van der Waals surface area contributed by atoms with Crippen molar-refractivity contribution < 1.29 is 23.8 Å². The number of rotatable bonds is 3. The van der Waals surface area contributed by atoms with Gasteiger partial charge in [-0.15, -0.1) is 0 Å². The summed E-state index contributed by atoms with van der Waals surface area (Å²) in [5.74, 6) is -1.36. The van der Waals surface area contributed by atoms with Gasteiger partial charge in [0.1, 0.15) is 17.4 Å². The van der Waals surface area contributed by atoms with Crippen molar-refractivity contribution in [2.24, 2.45) is 0 Å². The van der Waals surface area contributed by atoms with Gasteiger partial charge in [0.25, 0.3) is 0 Å². The van der Waals surface area contributed by atoms with Crippen molar-refractivity contribution in [2.45, 2.75) is 12.3 Å². The van der Waals surface area contributed by atoms with Gasteiger partial charge in [-0.25, -0.2) is 9.59 Å². The molecule has 0 saturated carbocycles. The second-order valence-electron chi connectivity index (χ2n) is 6.46. The Morgan fingerprint density at radius 2 is 1.69 bits per heavy atom. The number of esters is 2. The Morgan fingerprint density at radius 1 is 1.00 bits per heavy atom. The minimum absolute atomic E-state index is 0.0359. The fraction of sp³-hybridized carbons (Fsp3) is 0.182. The molecule has 0 bridgehead atoms. The van der Waals surface area contributed by atoms with Crippen molar-refractivity contribution in [2.75, 3.05) is 19.1 Å². The number of hydrogen-bond acceptors (Lipinski definition) is 6. The summed E-state index contributed by atoms with van der Waals surface area (Å²) >= 11 is 6.39. The SMILES string of the molecule is COC(=O)C1=C(C(=O)OC)N2c3ccccc3C=C[C@@H]2O[C@@H]1c1ccccc1Cl. The Bertz CT molecular complexity index is 1050. The molecule has 0 spiro atoms. The third kappa shape index (κ3) is 3.20. The highest BCUT2D eigenvalue weighted by Gasteiger charge is 2.44. The molecule has 4 rings (SSSR count). The van der Waals surface area contributed by atoms with Crippen LogP contribution in [0.3, 0.4) is 0 Å². The molecule has 7 heteroatoms. The molecule has 0 unspecified atom stereocenters. The molecule has 0 saturated heterocycles. The lowest BCUT2D eigenvalue weighted by atomic mass is 9.94. The number of ether oxygens (including phenoxy) is 3. The maximum absolute atomic E-state index is 12.9. The minimum atomic E-state index is -0.901. The van der Waals surface area contributed by atoms with Crippen molar-refractivity contribution in [3.8, 4) is 0 Å². The quantitative estimate of drug-likeness (QED) is 0.714. The van der Waals surface area contributed by atoms with Crippen LogP contribution in [0.15, 0.2) is 65.9 Å². The number of benzene rings is 2. The van der Waals surface area contributed by atoms with Crippen molar-refractivity contribution in [3.05, 3.63) is 82.0 Å². The van der Waals surface area contributed by atoms with E-state index in [1.165, 1.54) is 14.2 Å². The number of halogens is 1. The Hall–Kier alpha value is -3.09. The van der Waals surface area contributed by atoms with E-state index in [1.807, 2.05) is 36.4 Å². The van der Waals surface area contributed by atoms with Crippen LogP contribution in [0.1, 0.15) is 17.2 Å². The third-order valence-electron chi connectivity index (χ3n) is 4.90. The monoisotopic (exact) mass is 411 g/mol. The maximum atomic E-state index is 12.9. The summed E-state index contributed by atoms with van der Waals surface area (Å²) in [5.41, 5.74) is 2.27. The summed E-state index contributed by atoms with van der Waals surface area (Å²) in [6.07, 6.45) is 2.21. The Morgan fingerprint density at radius 3 is 2.41 bits per heavy atom. The summed E-state index contributed by atoms with van der Waals surface area (Å²) in [6.45, 7) is 0. The highest BCUT2D eigenvalue weighted by Crippen LogP contribution is 2.44. The molecule has 0 aromatic heterocycles. The molecule has 0 amide bonds. The van der Waals surface area contributed by atoms with Gasteiger partial charge in [0.05, 0.1) is 19.9 Å². The van der Waals surface area contributed by atoms with E-state index in [-0.39, 0.29) is 11.3 Å². The molecule has 0 N–H and O–H groups in total. The molecule has 2 heterocycles. The van der Waals surface area contributed by atoms with E-state index < -0.39 is 24.3 Å². The highest BCUT2D eigenvalue weighted by atomic mass is 35.5. The molecule has 2 atom stereocenters. The van der Waals surface area contributed by atoms with Gasteiger partial charge in [0.15, 0.2) is 6.23 Å². The Balaban J connectivity index is 2.00. The van der Waals surface area contributed by atoms with Crippen LogP contribution in [0.2, 0.25) is 5.02 Å². The first-order valence-corrected chi connectivity index (χ1v) is 9.31. The number of nitrogens with zero attached hydrogens (tertiary/aromatic N) is 1. The lowest BCUT2D eigenvalue weighted by Gasteiger charge is -2.43. The minimum Gasteiger partial charge on any atom is -0.466 e. The average molecular weight is 412 g/mol. The summed E-state index contributed by atoms with van der Waals surface area (Å²) in [6, 6.07) is 14.5. The van der Waals surface area contributed by atoms with Crippen LogP contribution in [0.25, 0.3) is 6.08 Å². The van der Waals surface area contributed by atoms with Crippen LogP contribution in [-0.2, 0) is 23.8 Å². The lowest BCUT2D eigenvalue weighted by molar-refractivity contribution is -0.142. The molecular weight excluding hydrogens is 394 g/mol. The van der Waals surface area contributed by atoms with Gasteiger partial charge in [-0.2, -0.15) is 0 Å². The van der Waals surface area contributed by atoms with Crippen LogP contribution >= 0.6 is 11.6 Å². The van der Waals surface area contributed by atoms with Gasteiger partial charge in [-0.05, 0) is 23.8 Å². The number of fused-ring (bicyclic) bond motifs is 3. The van der Waals surface area contributed by atoms with Crippen LogP contribution < -0.4 is 4.90 Å². The topological polar surface area (TPSA) is 65.1 Å². The van der Waals surface area contributed by atoms with Gasteiger partial charge >= 0.3 is 11.9 Å². The summed E-state index contributed by atoms with van der Waals surface area (Å²) in [7, 11) is 2.52. The van der Waals surface area contributed by atoms with E-state index in [1.54, 1.807) is 29.2 Å². The van der Waals surface area contributed by atoms with Gasteiger partial charge in [0.2, 0.25) is 0 Å². The summed E-state index contributed by atoms with van der Waals surface area (Å²) < 4.78 is 16.3. The van der Waals surface area contributed by atoms with E-state index in [9.17, 15) is 9.59 Å². The molecule has 0 fully saturated rings. The first-order valence-electron chi connectivity index (χ1n) is 8.94. The van der Waals surface area contributed by atoms with E-state index in [2.05, 4.69) is 0 Å². The fourth-order valence-electron chi connectivity index (χ4n) is 3.61. The second kappa shape index (κ2) is 7.73. The normalized spacial score (nSPS) is 20.0. The zero-order valence-electron chi connectivity index (χ0n) is 15.8. The highest BCUT2D eigenvalue weighted by molar-refractivity contribution is 6.31.